The van der Waals surface area contributed by atoms with Crippen LogP contribution in [0.2, 0.25) is 0 Å². The highest BCUT2D eigenvalue weighted by Gasteiger charge is 2.25. The van der Waals surface area contributed by atoms with E-state index in [1.54, 1.807) is 0 Å². The fourth-order valence-corrected chi connectivity index (χ4v) is 3.82. The monoisotopic (exact) mass is 317 g/mol. The van der Waals surface area contributed by atoms with Crippen LogP contribution in [0.15, 0.2) is 48.5 Å². The molecule has 0 atom stereocenters. The van der Waals surface area contributed by atoms with E-state index in [0.717, 1.165) is 41.2 Å². The molecule has 1 N–H and O–H groups in total. The molecule has 5 rings (SSSR count). The van der Waals surface area contributed by atoms with Crippen molar-refractivity contribution in [3.05, 3.63) is 59.8 Å². The van der Waals surface area contributed by atoms with E-state index in [-0.39, 0.29) is 6.42 Å². The molecule has 24 heavy (non-hydrogen) atoms. The lowest BCUT2D eigenvalue weighted by molar-refractivity contribution is -0.136. The van der Waals surface area contributed by atoms with Crippen LogP contribution in [-0.2, 0) is 24.2 Å². The van der Waals surface area contributed by atoms with Gasteiger partial charge in [-0.25, -0.2) is 4.98 Å². The summed E-state index contributed by atoms with van der Waals surface area (Å²) in [5.74, 6) is -0.00634. The molecule has 0 fully saturated rings. The Morgan fingerprint density at radius 1 is 1.12 bits per heavy atom. The van der Waals surface area contributed by atoms with Gasteiger partial charge < -0.3 is 9.67 Å². The lowest BCUT2D eigenvalue weighted by Crippen LogP contribution is -2.04. The molecule has 5 nitrogen and oxygen atoms in total. The van der Waals surface area contributed by atoms with Crippen molar-refractivity contribution in [1.82, 2.24) is 14.0 Å². The number of hydrogen-bond donors (Lipinski definition) is 1. The summed E-state index contributed by atoms with van der Waals surface area (Å²) < 4.78 is 4.23. The Morgan fingerprint density at radius 2 is 1.96 bits per heavy atom. The summed E-state index contributed by atoms with van der Waals surface area (Å²) in [5, 5.41) is 9.42. The van der Waals surface area contributed by atoms with E-state index in [4.69, 9.17) is 4.98 Å². The number of fused-ring (bicyclic) bond motifs is 3. The molecule has 2 aromatic heterocycles. The molecule has 4 aromatic rings. The minimum atomic E-state index is -0.844. The molecule has 0 spiro atoms. The first-order valence-electron chi connectivity index (χ1n) is 8.02. The SMILES string of the molecule is O=C(O)Cc1c(-c2ccccc2)nc2n3c4c(cccc4n12)CC3. The standard InChI is InChI=1S/C19H15N3O2/c23-16(24)11-15-17(12-5-2-1-3-6-12)20-19-21-10-9-13-7-4-8-14(18(13)21)22(15)19/h1-8H,9-11H2,(H,23,24). The number of rotatable bonds is 3. The number of aliphatic carboxylic acids is 1. The Balaban J connectivity index is 1.91. The Labute approximate surface area is 137 Å². The number of aryl methyl sites for hydroxylation is 2. The summed E-state index contributed by atoms with van der Waals surface area (Å²) >= 11 is 0. The molecule has 0 unspecified atom stereocenters. The molecule has 5 heteroatoms. The van der Waals surface area contributed by atoms with Crippen molar-refractivity contribution in [3.63, 3.8) is 0 Å². The van der Waals surface area contributed by atoms with Crippen LogP contribution < -0.4 is 0 Å². The number of aromatic nitrogens is 3. The molecule has 2 aromatic carbocycles. The van der Waals surface area contributed by atoms with E-state index in [0.29, 0.717) is 0 Å². The van der Waals surface area contributed by atoms with Crippen LogP contribution in [-0.4, -0.2) is 25.0 Å². The Morgan fingerprint density at radius 3 is 2.75 bits per heavy atom. The summed E-state index contributed by atoms with van der Waals surface area (Å²) in [6.07, 6.45) is 0.958. The van der Waals surface area contributed by atoms with Gasteiger partial charge in [-0.15, -0.1) is 0 Å². The van der Waals surface area contributed by atoms with Crippen molar-refractivity contribution in [2.45, 2.75) is 19.4 Å². The van der Waals surface area contributed by atoms with Crippen molar-refractivity contribution in [3.8, 4) is 11.3 Å². The molecular formula is C19H15N3O2. The van der Waals surface area contributed by atoms with Crippen molar-refractivity contribution in [1.29, 1.82) is 0 Å². The number of carbonyl (C=O) groups is 1. The molecule has 0 bridgehead atoms. The lowest BCUT2D eigenvalue weighted by Gasteiger charge is -2.03. The Bertz CT molecular complexity index is 1110. The summed E-state index contributed by atoms with van der Waals surface area (Å²) in [5.41, 5.74) is 5.99. The predicted octanol–water partition coefficient (Wildman–Crippen LogP) is 3.14. The fourth-order valence-electron chi connectivity index (χ4n) is 3.82. The molecule has 1 aliphatic heterocycles. The third kappa shape index (κ3) is 1.69. The van der Waals surface area contributed by atoms with Crippen LogP contribution in [0.3, 0.4) is 0 Å². The molecule has 1 aliphatic rings. The van der Waals surface area contributed by atoms with Gasteiger partial charge in [-0.3, -0.25) is 9.20 Å². The van der Waals surface area contributed by atoms with Crippen LogP contribution >= 0.6 is 0 Å². The molecule has 118 valence electrons. The average molecular weight is 317 g/mol. The normalized spacial score (nSPS) is 13.2. The quantitative estimate of drug-likeness (QED) is 0.631. The topological polar surface area (TPSA) is 59.5 Å². The first-order chi connectivity index (χ1) is 11.7. The second-order valence-electron chi connectivity index (χ2n) is 6.17. The molecule has 0 radical (unpaired) electrons. The number of para-hydroxylation sites is 1. The average Bonchev–Trinajstić information content (AvgIpc) is 3.24. The van der Waals surface area contributed by atoms with Crippen LogP contribution in [0.25, 0.3) is 28.1 Å². The molecular weight excluding hydrogens is 302 g/mol. The van der Waals surface area contributed by atoms with Gasteiger partial charge in [0.25, 0.3) is 0 Å². The minimum Gasteiger partial charge on any atom is -0.481 e. The second-order valence-corrected chi connectivity index (χ2v) is 6.17. The number of carboxylic acids is 1. The summed E-state index contributed by atoms with van der Waals surface area (Å²) in [7, 11) is 0. The Kier molecular flexibility index (Phi) is 2.62. The summed E-state index contributed by atoms with van der Waals surface area (Å²) in [6, 6.07) is 16.0. The van der Waals surface area contributed by atoms with Crippen molar-refractivity contribution < 1.29 is 9.90 Å². The predicted molar refractivity (Wildman–Crippen MR) is 91.2 cm³/mol. The van der Waals surface area contributed by atoms with E-state index in [1.807, 2.05) is 40.8 Å². The Hall–Kier alpha value is -3.08. The van der Waals surface area contributed by atoms with Crippen molar-refractivity contribution in [2.24, 2.45) is 0 Å². The molecule has 0 amide bonds. The lowest BCUT2D eigenvalue weighted by atomic mass is 10.1. The maximum atomic E-state index is 11.5. The van der Waals surface area contributed by atoms with E-state index >= 15 is 0 Å². The van der Waals surface area contributed by atoms with E-state index in [2.05, 4.69) is 16.7 Å². The van der Waals surface area contributed by atoms with Crippen LogP contribution in [0, 0.1) is 0 Å². The minimum absolute atomic E-state index is 0.0469. The molecule has 3 heterocycles. The van der Waals surface area contributed by atoms with Crippen LogP contribution in [0.5, 0.6) is 0 Å². The first-order valence-corrected chi connectivity index (χ1v) is 8.02. The van der Waals surface area contributed by atoms with Gasteiger partial charge in [0.05, 0.1) is 28.8 Å². The number of hydrogen-bond acceptors (Lipinski definition) is 2. The van der Waals surface area contributed by atoms with E-state index in [1.165, 1.54) is 11.1 Å². The second kappa shape index (κ2) is 4.71. The highest BCUT2D eigenvalue weighted by Crippen LogP contribution is 2.34. The van der Waals surface area contributed by atoms with E-state index in [9.17, 15) is 9.90 Å². The maximum Gasteiger partial charge on any atom is 0.309 e. The van der Waals surface area contributed by atoms with Crippen LogP contribution in [0.1, 0.15) is 11.3 Å². The highest BCUT2D eigenvalue weighted by atomic mass is 16.4. The zero-order valence-electron chi connectivity index (χ0n) is 12.9. The molecule has 0 saturated carbocycles. The molecule has 0 saturated heterocycles. The summed E-state index contributed by atoms with van der Waals surface area (Å²) in [6.45, 7) is 0.893. The summed E-state index contributed by atoms with van der Waals surface area (Å²) in [4.78, 5) is 16.3. The van der Waals surface area contributed by atoms with Gasteiger partial charge in [-0.1, -0.05) is 42.5 Å². The zero-order valence-corrected chi connectivity index (χ0v) is 12.9. The smallest absolute Gasteiger partial charge is 0.309 e. The van der Waals surface area contributed by atoms with Crippen molar-refractivity contribution in [2.75, 3.05) is 0 Å². The van der Waals surface area contributed by atoms with E-state index < -0.39 is 5.97 Å². The van der Waals surface area contributed by atoms with Gasteiger partial charge in [-0.05, 0) is 18.1 Å². The van der Waals surface area contributed by atoms with Gasteiger partial charge in [0, 0.05) is 12.1 Å². The number of nitrogens with zero attached hydrogens (tertiary/aromatic N) is 3. The highest BCUT2D eigenvalue weighted by molar-refractivity contribution is 5.88. The molecule has 0 aliphatic carbocycles. The fraction of sp³-hybridized carbons (Fsp3) is 0.158. The largest absolute Gasteiger partial charge is 0.481 e. The zero-order chi connectivity index (χ0) is 16.3. The number of carboxylic acid groups (broad SMARTS) is 1. The van der Waals surface area contributed by atoms with Gasteiger partial charge in [0.1, 0.15) is 0 Å². The van der Waals surface area contributed by atoms with Crippen molar-refractivity contribution >= 4 is 22.8 Å². The van der Waals surface area contributed by atoms with Gasteiger partial charge in [0.15, 0.2) is 0 Å². The maximum absolute atomic E-state index is 11.5. The van der Waals surface area contributed by atoms with Gasteiger partial charge in [-0.2, -0.15) is 0 Å². The third-order valence-corrected chi connectivity index (χ3v) is 4.78. The number of benzene rings is 2. The first kappa shape index (κ1) is 13.4. The van der Waals surface area contributed by atoms with Crippen LogP contribution in [0.4, 0.5) is 0 Å². The van der Waals surface area contributed by atoms with Gasteiger partial charge in [0.2, 0.25) is 5.78 Å². The number of imidazole rings is 2. The third-order valence-electron chi connectivity index (χ3n) is 4.78. The van der Waals surface area contributed by atoms with Gasteiger partial charge >= 0.3 is 5.97 Å².